The maximum Gasteiger partial charge on any atom is 0.238 e. The van der Waals surface area contributed by atoms with Crippen molar-refractivity contribution in [3.63, 3.8) is 0 Å². The first-order chi connectivity index (χ1) is 9.36. The minimum Gasteiger partial charge on any atom is -0.489 e. The molecule has 2 aromatic carbocycles. The molecule has 0 spiro atoms. The first kappa shape index (κ1) is 15.3. The van der Waals surface area contributed by atoms with Crippen molar-refractivity contribution in [1.82, 2.24) is 0 Å². The van der Waals surface area contributed by atoms with E-state index in [1.165, 1.54) is 12.1 Å². The van der Waals surface area contributed by atoms with Gasteiger partial charge in [-0.3, -0.25) is 0 Å². The molecule has 0 aromatic heterocycles. The van der Waals surface area contributed by atoms with Crippen LogP contribution in [0.4, 0.5) is 0 Å². The Morgan fingerprint density at radius 2 is 1.80 bits per heavy atom. The van der Waals surface area contributed by atoms with Crippen molar-refractivity contribution in [3.8, 4) is 5.75 Å². The second kappa shape index (κ2) is 6.13. The fourth-order valence-corrected chi connectivity index (χ4v) is 2.77. The van der Waals surface area contributed by atoms with Crippen LogP contribution in [0, 0.1) is 0 Å². The van der Waals surface area contributed by atoms with E-state index >= 15 is 0 Å². The maximum absolute atomic E-state index is 11.1. The van der Waals surface area contributed by atoms with Crippen LogP contribution in [-0.4, -0.2) is 8.42 Å². The van der Waals surface area contributed by atoms with E-state index in [9.17, 15) is 8.42 Å². The van der Waals surface area contributed by atoms with Crippen molar-refractivity contribution in [1.29, 1.82) is 0 Å². The minimum absolute atomic E-state index is 0.0477. The Kier molecular flexibility index (Phi) is 4.70. The summed E-state index contributed by atoms with van der Waals surface area (Å²) >= 11 is 9.40. The normalized spacial score (nSPS) is 11.3. The summed E-state index contributed by atoms with van der Waals surface area (Å²) in [7, 11) is -3.68. The zero-order valence-corrected chi connectivity index (χ0v) is 13.4. The van der Waals surface area contributed by atoms with Crippen molar-refractivity contribution < 1.29 is 13.2 Å². The Bertz CT molecular complexity index is 717. The average Bonchev–Trinajstić information content (AvgIpc) is 2.37. The molecule has 0 aliphatic carbocycles. The largest absolute Gasteiger partial charge is 0.489 e. The molecule has 2 rings (SSSR count). The topological polar surface area (TPSA) is 69.4 Å². The van der Waals surface area contributed by atoms with E-state index < -0.39 is 10.0 Å². The van der Waals surface area contributed by atoms with E-state index in [-0.39, 0.29) is 4.90 Å². The van der Waals surface area contributed by atoms with E-state index in [0.717, 1.165) is 10.0 Å². The fourth-order valence-electron chi connectivity index (χ4n) is 1.53. The highest BCUT2D eigenvalue weighted by molar-refractivity contribution is 9.10. The second-order valence-electron chi connectivity index (χ2n) is 4.04. The molecule has 0 saturated carbocycles. The summed E-state index contributed by atoms with van der Waals surface area (Å²) in [5.41, 5.74) is 0.838. The third-order valence-corrected chi connectivity index (χ3v) is 4.34. The van der Waals surface area contributed by atoms with Gasteiger partial charge in [0.2, 0.25) is 10.0 Å². The molecule has 0 radical (unpaired) electrons. The molecule has 0 amide bonds. The number of sulfonamides is 1. The van der Waals surface area contributed by atoms with Crippen LogP contribution in [0.25, 0.3) is 0 Å². The Morgan fingerprint density at radius 3 is 2.35 bits per heavy atom. The number of halogens is 2. The van der Waals surface area contributed by atoms with Crippen molar-refractivity contribution in [2.45, 2.75) is 11.5 Å². The average molecular weight is 377 g/mol. The number of rotatable bonds is 4. The molecule has 2 aromatic rings. The van der Waals surface area contributed by atoms with Gasteiger partial charge >= 0.3 is 0 Å². The van der Waals surface area contributed by atoms with Gasteiger partial charge in [-0.1, -0.05) is 33.6 Å². The summed E-state index contributed by atoms with van der Waals surface area (Å²) in [5.74, 6) is 0.538. The lowest BCUT2D eigenvalue weighted by atomic mass is 10.2. The molecule has 2 N–H and O–H groups in total. The van der Waals surface area contributed by atoms with Gasteiger partial charge in [0.1, 0.15) is 12.4 Å². The van der Waals surface area contributed by atoms with Crippen LogP contribution in [0.15, 0.2) is 51.8 Å². The first-order valence-electron chi connectivity index (χ1n) is 5.56. The van der Waals surface area contributed by atoms with Crippen LogP contribution < -0.4 is 9.88 Å². The first-order valence-corrected chi connectivity index (χ1v) is 8.27. The van der Waals surface area contributed by atoms with Crippen LogP contribution in [0.2, 0.25) is 5.02 Å². The van der Waals surface area contributed by atoms with Crippen molar-refractivity contribution in [3.05, 3.63) is 57.5 Å². The van der Waals surface area contributed by atoms with Crippen LogP contribution in [-0.2, 0) is 16.6 Å². The van der Waals surface area contributed by atoms with E-state index in [1.807, 2.05) is 12.1 Å². The molecule has 0 fully saturated rings. The molecule has 0 aliphatic rings. The Hall–Kier alpha value is -1.08. The maximum atomic E-state index is 11.1. The molecule has 4 nitrogen and oxygen atoms in total. The van der Waals surface area contributed by atoms with Gasteiger partial charge in [0.15, 0.2) is 0 Å². The van der Waals surface area contributed by atoms with Crippen LogP contribution in [0.3, 0.4) is 0 Å². The zero-order chi connectivity index (χ0) is 14.8. The third kappa shape index (κ3) is 3.96. The van der Waals surface area contributed by atoms with Crippen molar-refractivity contribution in [2.24, 2.45) is 5.14 Å². The van der Waals surface area contributed by atoms with Crippen molar-refractivity contribution in [2.75, 3.05) is 0 Å². The predicted molar refractivity (Wildman–Crippen MR) is 81.3 cm³/mol. The third-order valence-electron chi connectivity index (χ3n) is 2.56. The number of hydrogen-bond donors (Lipinski definition) is 1. The van der Waals surface area contributed by atoms with Gasteiger partial charge in [-0.15, -0.1) is 0 Å². The van der Waals surface area contributed by atoms with Gasteiger partial charge in [-0.2, -0.15) is 0 Å². The lowest BCUT2D eigenvalue weighted by molar-refractivity contribution is 0.306. The van der Waals surface area contributed by atoms with E-state index in [2.05, 4.69) is 15.9 Å². The SMILES string of the molecule is NS(=O)(=O)c1ccc(OCc2ccc(Br)cc2Cl)cc1. The summed E-state index contributed by atoms with van der Waals surface area (Å²) in [6.07, 6.45) is 0. The van der Waals surface area contributed by atoms with Gasteiger partial charge in [0.05, 0.1) is 4.90 Å². The smallest absolute Gasteiger partial charge is 0.238 e. The molecule has 20 heavy (non-hydrogen) atoms. The molecule has 7 heteroatoms. The van der Waals surface area contributed by atoms with Crippen molar-refractivity contribution >= 4 is 37.6 Å². The van der Waals surface area contributed by atoms with Gasteiger partial charge < -0.3 is 4.74 Å². The molecule has 0 bridgehead atoms. The predicted octanol–water partition coefficient (Wildman–Crippen LogP) is 3.33. The Labute approximate surface area is 130 Å². The minimum atomic E-state index is -3.68. The summed E-state index contributed by atoms with van der Waals surface area (Å²) in [4.78, 5) is 0.0477. The summed E-state index contributed by atoms with van der Waals surface area (Å²) < 4.78 is 28.7. The molecule has 0 atom stereocenters. The number of ether oxygens (including phenoxy) is 1. The highest BCUT2D eigenvalue weighted by atomic mass is 79.9. The highest BCUT2D eigenvalue weighted by Crippen LogP contribution is 2.23. The second-order valence-corrected chi connectivity index (χ2v) is 6.93. The monoisotopic (exact) mass is 375 g/mol. The lowest BCUT2D eigenvalue weighted by Crippen LogP contribution is -2.11. The van der Waals surface area contributed by atoms with Crippen LogP contribution in [0.1, 0.15) is 5.56 Å². The lowest BCUT2D eigenvalue weighted by Gasteiger charge is -2.08. The van der Waals surface area contributed by atoms with Gasteiger partial charge in [0, 0.05) is 15.1 Å². The fraction of sp³-hybridized carbons (Fsp3) is 0.0769. The van der Waals surface area contributed by atoms with Crippen LogP contribution >= 0.6 is 27.5 Å². The quantitative estimate of drug-likeness (QED) is 0.890. The number of primary sulfonamides is 1. The van der Waals surface area contributed by atoms with Crippen LogP contribution in [0.5, 0.6) is 5.75 Å². The van der Waals surface area contributed by atoms with Gasteiger partial charge in [0.25, 0.3) is 0 Å². The Morgan fingerprint density at radius 1 is 1.15 bits per heavy atom. The molecular weight excluding hydrogens is 366 g/mol. The number of benzene rings is 2. The summed E-state index contributed by atoms with van der Waals surface area (Å²) in [6.45, 7) is 0.292. The molecule has 0 saturated heterocycles. The Balaban J connectivity index is 2.08. The molecule has 0 unspecified atom stereocenters. The van der Waals surface area contributed by atoms with E-state index in [4.69, 9.17) is 21.5 Å². The standard InChI is InChI=1S/C13H11BrClNO3S/c14-10-2-1-9(13(15)7-10)8-19-11-3-5-12(6-4-11)20(16,17)18/h1-7H,8H2,(H2,16,17,18). The summed E-state index contributed by atoms with van der Waals surface area (Å²) in [6, 6.07) is 11.4. The van der Waals surface area contributed by atoms with E-state index in [1.54, 1.807) is 18.2 Å². The zero-order valence-electron chi connectivity index (χ0n) is 10.2. The molecule has 0 aliphatic heterocycles. The number of hydrogen-bond acceptors (Lipinski definition) is 3. The molecule has 0 heterocycles. The van der Waals surface area contributed by atoms with Gasteiger partial charge in [-0.25, -0.2) is 13.6 Å². The molecule has 106 valence electrons. The summed E-state index contributed by atoms with van der Waals surface area (Å²) in [5, 5.41) is 5.61. The highest BCUT2D eigenvalue weighted by Gasteiger charge is 2.07. The molecular formula is C13H11BrClNO3S. The van der Waals surface area contributed by atoms with E-state index in [0.29, 0.717) is 17.4 Å². The van der Waals surface area contributed by atoms with Gasteiger partial charge in [-0.05, 0) is 36.4 Å². The number of nitrogens with two attached hydrogens (primary N) is 1.